The largest absolute Gasteiger partial charge is 0.384 e. The molecule has 0 atom stereocenters. The summed E-state index contributed by atoms with van der Waals surface area (Å²) >= 11 is 0. The minimum absolute atomic E-state index is 0.302. The van der Waals surface area contributed by atoms with E-state index in [2.05, 4.69) is 4.98 Å². The van der Waals surface area contributed by atoms with Crippen molar-refractivity contribution in [3.63, 3.8) is 0 Å². The van der Waals surface area contributed by atoms with Gasteiger partial charge in [0.25, 0.3) is 0 Å². The number of pyridine rings is 1. The molecule has 76 valence electrons. The Morgan fingerprint density at radius 2 is 1.87 bits per heavy atom. The third-order valence-electron chi connectivity index (χ3n) is 2.02. The van der Waals surface area contributed by atoms with Crippen LogP contribution in [0.3, 0.4) is 0 Å². The molecule has 0 bridgehead atoms. The molecule has 4 heteroatoms. The molecule has 0 amide bonds. The lowest BCUT2D eigenvalue weighted by Gasteiger charge is -2.03. The van der Waals surface area contributed by atoms with Gasteiger partial charge >= 0.3 is 0 Å². The molecule has 1 aromatic carbocycles. The highest BCUT2D eigenvalue weighted by Gasteiger charge is 2.06. The smallest absolute Gasteiger partial charge is 0.133 e. The lowest BCUT2D eigenvalue weighted by atomic mass is 10.1. The fourth-order valence-electron chi connectivity index (χ4n) is 1.34. The maximum Gasteiger partial charge on any atom is 0.133 e. The Hall–Kier alpha value is -1.97. The number of benzene rings is 1. The van der Waals surface area contributed by atoms with E-state index in [-0.39, 0.29) is 0 Å². The lowest BCUT2D eigenvalue weighted by molar-refractivity contribution is 0.585. The molecular formula is C11H8F2N2. The molecule has 2 rings (SSSR count). The summed E-state index contributed by atoms with van der Waals surface area (Å²) < 4.78 is 26.0. The first-order valence-corrected chi connectivity index (χ1v) is 4.34. The van der Waals surface area contributed by atoms with E-state index >= 15 is 0 Å². The molecule has 0 aliphatic heterocycles. The number of nitrogens with two attached hydrogens (primary N) is 1. The van der Waals surface area contributed by atoms with Crippen LogP contribution in [0.2, 0.25) is 0 Å². The number of halogens is 2. The Morgan fingerprint density at radius 1 is 1.07 bits per heavy atom. The number of nitrogens with zero attached hydrogens (tertiary/aromatic N) is 1. The van der Waals surface area contributed by atoms with Gasteiger partial charge in [-0.1, -0.05) is 0 Å². The van der Waals surface area contributed by atoms with Gasteiger partial charge in [-0.3, -0.25) is 0 Å². The van der Waals surface area contributed by atoms with E-state index in [1.165, 1.54) is 24.4 Å². The van der Waals surface area contributed by atoms with Crippen LogP contribution in [0, 0.1) is 11.6 Å². The quantitative estimate of drug-likeness (QED) is 0.778. The Morgan fingerprint density at radius 3 is 2.53 bits per heavy atom. The minimum Gasteiger partial charge on any atom is -0.384 e. The summed E-state index contributed by atoms with van der Waals surface area (Å²) in [5.41, 5.74) is 6.36. The maximum atomic E-state index is 13.4. The van der Waals surface area contributed by atoms with Crippen molar-refractivity contribution < 1.29 is 8.78 Å². The summed E-state index contributed by atoms with van der Waals surface area (Å²) in [7, 11) is 0. The van der Waals surface area contributed by atoms with Crippen molar-refractivity contribution in [3.8, 4) is 11.1 Å². The molecule has 2 nitrogen and oxygen atoms in total. The number of rotatable bonds is 1. The Labute approximate surface area is 85.4 Å². The molecule has 0 saturated heterocycles. The van der Waals surface area contributed by atoms with E-state index in [1.807, 2.05) is 0 Å². The fourth-order valence-corrected chi connectivity index (χ4v) is 1.34. The second-order valence-electron chi connectivity index (χ2n) is 3.09. The van der Waals surface area contributed by atoms with Crippen molar-refractivity contribution in [3.05, 3.63) is 48.2 Å². The zero-order valence-electron chi connectivity index (χ0n) is 7.74. The number of aromatic nitrogens is 1. The second-order valence-corrected chi connectivity index (χ2v) is 3.09. The predicted octanol–water partition coefficient (Wildman–Crippen LogP) is 2.61. The molecule has 0 aliphatic rings. The standard InChI is InChI=1S/C11H8F2N2/c12-8-1-2-9(10(13)6-8)7-3-4-15-11(14)5-7/h1-6H,(H2,14,15). The molecule has 1 aromatic heterocycles. The van der Waals surface area contributed by atoms with E-state index in [4.69, 9.17) is 5.73 Å². The molecule has 2 aromatic rings. The molecule has 15 heavy (non-hydrogen) atoms. The van der Waals surface area contributed by atoms with Crippen LogP contribution in [0.25, 0.3) is 11.1 Å². The average Bonchev–Trinajstić information content (AvgIpc) is 2.17. The predicted molar refractivity (Wildman–Crippen MR) is 54.0 cm³/mol. The van der Waals surface area contributed by atoms with Crippen molar-refractivity contribution >= 4 is 5.82 Å². The fraction of sp³-hybridized carbons (Fsp3) is 0. The summed E-state index contributed by atoms with van der Waals surface area (Å²) in [5, 5.41) is 0. The van der Waals surface area contributed by atoms with Crippen LogP contribution in [0.5, 0.6) is 0 Å². The van der Waals surface area contributed by atoms with Crippen molar-refractivity contribution in [1.82, 2.24) is 4.98 Å². The Balaban J connectivity index is 2.54. The summed E-state index contributed by atoms with van der Waals surface area (Å²) in [6.07, 6.45) is 1.48. The van der Waals surface area contributed by atoms with Gasteiger partial charge in [0.05, 0.1) is 0 Å². The van der Waals surface area contributed by atoms with Crippen LogP contribution >= 0.6 is 0 Å². The van der Waals surface area contributed by atoms with Gasteiger partial charge in [0.2, 0.25) is 0 Å². The number of hydrogen-bond acceptors (Lipinski definition) is 2. The summed E-state index contributed by atoms with van der Waals surface area (Å²) in [6.45, 7) is 0. The average molecular weight is 206 g/mol. The van der Waals surface area contributed by atoms with Crippen LogP contribution < -0.4 is 5.73 Å². The number of anilines is 1. The van der Waals surface area contributed by atoms with Crippen molar-refractivity contribution in [2.45, 2.75) is 0 Å². The van der Waals surface area contributed by atoms with Crippen molar-refractivity contribution in [2.75, 3.05) is 5.73 Å². The SMILES string of the molecule is Nc1cc(-c2ccc(F)cc2F)ccn1. The molecule has 2 N–H and O–H groups in total. The molecule has 0 aliphatic carbocycles. The normalized spacial score (nSPS) is 10.3. The highest BCUT2D eigenvalue weighted by atomic mass is 19.1. The second kappa shape index (κ2) is 3.65. The molecule has 0 unspecified atom stereocenters. The highest BCUT2D eigenvalue weighted by Crippen LogP contribution is 2.23. The van der Waals surface area contributed by atoms with Crippen LogP contribution in [-0.4, -0.2) is 4.98 Å². The van der Waals surface area contributed by atoms with Gasteiger partial charge < -0.3 is 5.73 Å². The minimum atomic E-state index is -0.611. The Bertz CT molecular complexity index is 498. The summed E-state index contributed by atoms with van der Waals surface area (Å²) in [4.78, 5) is 3.79. The number of hydrogen-bond donors (Lipinski definition) is 1. The van der Waals surface area contributed by atoms with Gasteiger partial charge in [0, 0.05) is 17.8 Å². The molecule has 0 radical (unpaired) electrons. The Kier molecular flexibility index (Phi) is 2.33. The van der Waals surface area contributed by atoms with Gasteiger partial charge in [0.1, 0.15) is 17.5 Å². The summed E-state index contributed by atoms with van der Waals surface area (Å²) in [6, 6.07) is 6.57. The van der Waals surface area contributed by atoms with Crippen molar-refractivity contribution in [1.29, 1.82) is 0 Å². The van der Waals surface area contributed by atoms with Crippen molar-refractivity contribution in [2.24, 2.45) is 0 Å². The zero-order valence-corrected chi connectivity index (χ0v) is 7.74. The molecule has 1 heterocycles. The molecular weight excluding hydrogens is 198 g/mol. The van der Waals surface area contributed by atoms with Gasteiger partial charge in [0.15, 0.2) is 0 Å². The van der Waals surface area contributed by atoms with Crippen LogP contribution in [0.15, 0.2) is 36.5 Å². The van der Waals surface area contributed by atoms with Gasteiger partial charge in [-0.2, -0.15) is 0 Å². The monoisotopic (exact) mass is 206 g/mol. The number of nitrogen functional groups attached to an aromatic ring is 1. The van der Waals surface area contributed by atoms with E-state index in [0.29, 0.717) is 16.9 Å². The van der Waals surface area contributed by atoms with E-state index in [0.717, 1.165) is 6.07 Å². The van der Waals surface area contributed by atoms with Gasteiger partial charge in [-0.05, 0) is 29.8 Å². The van der Waals surface area contributed by atoms with Gasteiger partial charge in [-0.25, -0.2) is 13.8 Å². The molecule has 0 saturated carbocycles. The van der Waals surface area contributed by atoms with E-state index in [1.54, 1.807) is 6.07 Å². The van der Waals surface area contributed by atoms with Crippen LogP contribution in [0.1, 0.15) is 0 Å². The first-order valence-electron chi connectivity index (χ1n) is 4.34. The van der Waals surface area contributed by atoms with Crippen LogP contribution in [-0.2, 0) is 0 Å². The summed E-state index contributed by atoms with van der Waals surface area (Å²) in [5.74, 6) is -0.907. The topological polar surface area (TPSA) is 38.9 Å². The zero-order chi connectivity index (χ0) is 10.8. The van der Waals surface area contributed by atoms with Gasteiger partial charge in [-0.15, -0.1) is 0 Å². The molecule has 0 spiro atoms. The molecule has 0 fully saturated rings. The van der Waals surface area contributed by atoms with E-state index in [9.17, 15) is 8.78 Å². The maximum absolute atomic E-state index is 13.4. The highest BCUT2D eigenvalue weighted by molar-refractivity contribution is 5.66. The third kappa shape index (κ3) is 1.93. The lowest BCUT2D eigenvalue weighted by Crippen LogP contribution is -1.91. The first kappa shape index (κ1) is 9.58. The first-order chi connectivity index (χ1) is 7.16. The van der Waals surface area contributed by atoms with E-state index < -0.39 is 11.6 Å². The third-order valence-corrected chi connectivity index (χ3v) is 2.02. The van der Waals surface area contributed by atoms with Crippen LogP contribution in [0.4, 0.5) is 14.6 Å².